The van der Waals surface area contributed by atoms with Crippen molar-refractivity contribution < 1.29 is 27.8 Å². The molecule has 1 fully saturated rings. The van der Waals surface area contributed by atoms with E-state index in [4.69, 9.17) is 11.6 Å². The standard InChI is InChI=1S/C18H16ClFN2O5S/c19-12-6-11(7-13(20)8-12)10-21-16(23)18(25)4-5-22(17(18)24)14-2-1-3-15(9-14)28(26)27/h1-3,6-9,25H,4-5,10H2,(H,21,23)(H,26,27)/p-1/t18-/m0/s1. The van der Waals surface area contributed by atoms with Crippen molar-refractivity contribution in [2.24, 2.45) is 0 Å². The summed E-state index contributed by atoms with van der Waals surface area (Å²) >= 11 is 3.28. The number of hydrogen-bond acceptors (Lipinski definition) is 5. The van der Waals surface area contributed by atoms with Gasteiger partial charge in [0, 0.05) is 35.1 Å². The summed E-state index contributed by atoms with van der Waals surface area (Å²) in [5.41, 5.74) is -1.67. The first-order valence-corrected chi connectivity index (χ1v) is 9.63. The van der Waals surface area contributed by atoms with Crippen LogP contribution in [0.2, 0.25) is 5.02 Å². The topological polar surface area (TPSA) is 110 Å². The quantitative estimate of drug-likeness (QED) is 0.557. The molecule has 2 aromatic rings. The van der Waals surface area contributed by atoms with Gasteiger partial charge in [0.25, 0.3) is 11.8 Å². The number of hydrogen-bond donors (Lipinski definition) is 2. The Kier molecular flexibility index (Phi) is 5.80. The zero-order valence-corrected chi connectivity index (χ0v) is 15.9. The molecule has 2 amide bonds. The fraction of sp³-hybridized carbons (Fsp3) is 0.222. The van der Waals surface area contributed by atoms with Gasteiger partial charge >= 0.3 is 0 Å². The molecular formula is C18H15ClFN2O5S-. The third-order valence-electron chi connectivity index (χ3n) is 4.37. The lowest BCUT2D eigenvalue weighted by Gasteiger charge is -2.22. The number of benzene rings is 2. The molecule has 0 saturated carbocycles. The highest BCUT2D eigenvalue weighted by molar-refractivity contribution is 7.79. The van der Waals surface area contributed by atoms with E-state index in [1.54, 1.807) is 0 Å². The molecule has 28 heavy (non-hydrogen) atoms. The fourth-order valence-corrected chi connectivity index (χ4v) is 3.61. The predicted molar refractivity (Wildman–Crippen MR) is 98.8 cm³/mol. The molecule has 1 saturated heterocycles. The van der Waals surface area contributed by atoms with E-state index < -0.39 is 34.3 Å². The largest absolute Gasteiger partial charge is 0.768 e. The molecule has 1 unspecified atom stereocenters. The number of halogens is 2. The highest BCUT2D eigenvalue weighted by Crippen LogP contribution is 2.29. The van der Waals surface area contributed by atoms with Gasteiger partial charge in [-0.2, -0.15) is 0 Å². The second kappa shape index (κ2) is 7.96. The molecule has 10 heteroatoms. The predicted octanol–water partition coefficient (Wildman–Crippen LogP) is 1.50. The van der Waals surface area contributed by atoms with E-state index >= 15 is 0 Å². The molecule has 3 rings (SSSR count). The van der Waals surface area contributed by atoms with Gasteiger partial charge in [-0.05, 0) is 53.0 Å². The molecule has 0 radical (unpaired) electrons. The molecule has 7 nitrogen and oxygen atoms in total. The lowest BCUT2D eigenvalue weighted by molar-refractivity contribution is -0.149. The molecule has 0 aromatic heterocycles. The van der Waals surface area contributed by atoms with Crippen LogP contribution in [0, 0.1) is 5.82 Å². The number of nitrogens with zero attached hydrogens (tertiary/aromatic N) is 1. The second-order valence-corrected chi connectivity index (χ2v) is 7.64. The van der Waals surface area contributed by atoms with Crippen LogP contribution in [0.4, 0.5) is 10.1 Å². The van der Waals surface area contributed by atoms with Crippen LogP contribution in [0.5, 0.6) is 0 Å². The smallest absolute Gasteiger partial charge is 0.268 e. The highest BCUT2D eigenvalue weighted by atomic mass is 35.5. The SMILES string of the molecule is O=C(NCc1cc(F)cc(Cl)c1)[C@@]1(O)CCN(c2cccc(S(=O)[O-])c2)C1=O. The van der Waals surface area contributed by atoms with Gasteiger partial charge in [0.15, 0.2) is 0 Å². The van der Waals surface area contributed by atoms with E-state index in [0.29, 0.717) is 5.56 Å². The minimum Gasteiger partial charge on any atom is -0.768 e. The Labute approximate surface area is 167 Å². The van der Waals surface area contributed by atoms with Crippen molar-refractivity contribution in [2.45, 2.75) is 23.5 Å². The van der Waals surface area contributed by atoms with Crippen molar-refractivity contribution in [3.8, 4) is 0 Å². The maximum atomic E-state index is 13.4. The summed E-state index contributed by atoms with van der Waals surface area (Å²) in [4.78, 5) is 26.2. The van der Waals surface area contributed by atoms with Crippen LogP contribution in [-0.4, -0.2) is 37.8 Å². The number of aliphatic hydroxyl groups is 1. The average molecular weight is 426 g/mol. The van der Waals surface area contributed by atoms with Crippen LogP contribution in [0.25, 0.3) is 0 Å². The summed E-state index contributed by atoms with van der Waals surface area (Å²) < 4.78 is 35.6. The molecule has 148 valence electrons. The number of carbonyl (C=O) groups excluding carboxylic acids is 2. The van der Waals surface area contributed by atoms with Crippen molar-refractivity contribution in [3.05, 3.63) is 58.9 Å². The van der Waals surface area contributed by atoms with E-state index in [1.807, 2.05) is 0 Å². The van der Waals surface area contributed by atoms with Gasteiger partial charge in [0.05, 0.1) is 0 Å². The molecule has 2 N–H and O–H groups in total. The van der Waals surface area contributed by atoms with Gasteiger partial charge < -0.3 is 19.9 Å². The van der Waals surface area contributed by atoms with E-state index in [2.05, 4.69) is 5.32 Å². The summed E-state index contributed by atoms with van der Waals surface area (Å²) in [5.74, 6) is -2.37. The lowest BCUT2D eigenvalue weighted by atomic mass is 10.0. The van der Waals surface area contributed by atoms with E-state index in [0.717, 1.165) is 11.0 Å². The third kappa shape index (κ3) is 4.07. The Morgan fingerprint density at radius 3 is 2.79 bits per heavy atom. The summed E-state index contributed by atoms with van der Waals surface area (Å²) in [6.45, 7) is -0.0972. The molecule has 2 aromatic carbocycles. The zero-order valence-electron chi connectivity index (χ0n) is 14.4. The maximum absolute atomic E-state index is 13.4. The van der Waals surface area contributed by atoms with Crippen LogP contribution in [0.3, 0.4) is 0 Å². The minimum absolute atomic E-state index is 0.0202. The highest BCUT2D eigenvalue weighted by Gasteiger charge is 2.51. The van der Waals surface area contributed by atoms with Crippen LogP contribution in [0.15, 0.2) is 47.4 Å². The van der Waals surface area contributed by atoms with Gasteiger partial charge in [-0.15, -0.1) is 0 Å². The van der Waals surface area contributed by atoms with Gasteiger partial charge in [0.1, 0.15) is 5.82 Å². The molecular weight excluding hydrogens is 411 g/mol. The summed E-state index contributed by atoms with van der Waals surface area (Å²) in [6, 6.07) is 9.34. The fourth-order valence-electron chi connectivity index (χ4n) is 2.96. The van der Waals surface area contributed by atoms with E-state index in [-0.39, 0.29) is 35.1 Å². The minimum atomic E-state index is -2.48. The van der Waals surface area contributed by atoms with Crippen molar-refractivity contribution in [1.29, 1.82) is 0 Å². The number of amides is 2. The first-order chi connectivity index (χ1) is 13.2. The Morgan fingerprint density at radius 1 is 1.36 bits per heavy atom. The van der Waals surface area contributed by atoms with Gasteiger partial charge in [-0.25, -0.2) is 4.39 Å². The molecule has 1 aliphatic heterocycles. The zero-order chi connectivity index (χ0) is 20.5. The molecule has 0 aliphatic carbocycles. The van der Waals surface area contributed by atoms with Crippen LogP contribution in [0.1, 0.15) is 12.0 Å². The maximum Gasteiger partial charge on any atom is 0.268 e. The Hall–Kier alpha value is -2.33. The van der Waals surface area contributed by atoms with Crippen molar-refractivity contribution in [1.82, 2.24) is 5.32 Å². The Balaban J connectivity index is 1.73. The number of nitrogens with one attached hydrogen (secondary N) is 1. The van der Waals surface area contributed by atoms with E-state index in [1.165, 1.54) is 36.4 Å². The summed E-state index contributed by atoms with van der Waals surface area (Å²) in [7, 11) is 0. The molecule has 1 heterocycles. The first kappa shape index (κ1) is 20.4. The second-order valence-electron chi connectivity index (χ2n) is 6.26. The van der Waals surface area contributed by atoms with Gasteiger partial charge in [0.2, 0.25) is 5.60 Å². The van der Waals surface area contributed by atoms with Gasteiger partial charge in [-0.3, -0.25) is 13.8 Å². The lowest BCUT2D eigenvalue weighted by Crippen LogP contribution is -2.52. The number of anilines is 1. The molecule has 0 spiro atoms. The molecule has 2 atom stereocenters. The molecule has 1 aliphatic rings. The van der Waals surface area contributed by atoms with E-state index in [9.17, 15) is 27.8 Å². The monoisotopic (exact) mass is 425 g/mol. The summed E-state index contributed by atoms with van der Waals surface area (Å²) in [5, 5.41) is 13.2. The number of rotatable bonds is 5. The number of carbonyl (C=O) groups is 2. The Morgan fingerprint density at radius 2 is 2.11 bits per heavy atom. The van der Waals surface area contributed by atoms with Crippen LogP contribution < -0.4 is 10.2 Å². The van der Waals surface area contributed by atoms with Crippen LogP contribution in [-0.2, 0) is 27.2 Å². The summed E-state index contributed by atoms with van der Waals surface area (Å²) in [6.07, 6.45) is -0.174. The van der Waals surface area contributed by atoms with Crippen molar-refractivity contribution >= 4 is 40.2 Å². The average Bonchev–Trinajstić information content (AvgIpc) is 2.95. The van der Waals surface area contributed by atoms with Crippen LogP contribution >= 0.6 is 11.6 Å². The normalized spacial score (nSPS) is 20.3. The molecule has 0 bridgehead atoms. The third-order valence-corrected chi connectivity index (χ3v) is 5.23. The van der Waals surface area contributed by atoms with Crippen molar-refractivity contribution in [3.63, 3.8) is 0 Å². The first-order valence-electron chi connectivity index (χ1n) is 8.17. The van der Waals surface area contributed by atoms with Crippen molar-refractivity contribution in [2.75, 3.05) is 11.4 Å². The Bertz CT molecular complexity index is 952. The van der Waals surface area contributed by atoms with Gasteiger partial charge in [-0.1, -0.05) is 17.7 Å².